The molecule has 1 aromatic carbocycles. The van der Waals surface area contributed by atoms with Crippen molar-refractivity contribution >= 4 is 11.7 Å². The van der Waals surface area contributed by atoms with E-state index in [0.29, 0.717) is 17.9 Å². The molecule has 1 aliphatic rings. The molecule has 25 heavy (non-hydrogen) atoms. The number of rotatable bonds is 5. The third-order valence-electron chi connectivity index (χ3n) is 5.18. The number of benzene rings is 1. The average Bonchev–Trinajstić information content (AvgIpc) is 2.64. The molecule has 0 aliphatic carbocycles. The van der Waals surface area contributed by atoms with Crippen molar-refractivity contribution in [2.75, 3.05) is 24.6 Å². The van der Waals surface area contributed by atoms with Gasteiger partial charge in [-0.1, -0.05) is 24.3 Å². The summed E-state index contributed by atoms with van der Waals surface area (Å²) < 4.78 is 0. The number of aliphatic hydroxyl groups is 1. The van der Waals surface area contributed by atoms with Crippen molar-refractivity contribution in [3.63, 3.8) is 0 Å². The zero-order chi connectivity index (χ0) is 17.9. The van der Waals surface area contributed by atoms with Crippen LogP contribution in [-0.2, 0) is 6.42 Å². The van der Waals surface area contributed by atoms with E-state index in [1.165, 1.54) is 11.1 Å². The minimum Gasteiger partial charge on any atom is -0.396 e. The number of pyridine rings is 1. The molecule has 1 fully saturated rings. The largest absolute Gasteiger partial charge is 0.396 e. The summed E-state index contributed by atoms with van der Waals surface area (Å²) >= 11 is 0. The van der Waals surface area contributed by atoms with Gasteiger partial charge in [-0.25, -0.2) is 4.98 Å². The molecule has 1 aliphatic heterocycles. The van der Waals surface area contributed by atoms with Crippen LogP contribution in [0.4, 0.5) is 5.82 Å². The SMILES string of the molecule is Cc1ccccc1C[C@]1(CO)CCCN(c2ncccc2C(N)=O)C1. The van der Waals surface area contributed by atoms with Crippen LogP contribution < -0.4 is 10.6 Å². The van der Waals surface area contributed by atoms with Crippen molar-refractivity contribution in [1.82, 2.24) is 4.98 Å². The minimum absolute atomic E-state index is 0.108. The summed E-state index contributed by atoms with van der Waals surface area (Å²) in [5, 5.41) is 10.2. The van der Waals surface area contributed by atoms with Crippen LogP contribution in [0, 0.1) is 12.3 Å². The normalized spacial score (nSPS) is 20.5. The van der Waals surface area contributed by atoms with Gasteiger partial charge in [0, 0.05) is 24.7 Å². The molecule has 1 saturated heterocycles. The van der Waals surface area contributed by atoms with Crippen LogP contribution in [0.25, 0.3) is 0 Å². The van der Waals surface area contributed by atoms with E-state index in [1.807, 2.05) is 12.1 Å². The molecule has 1 aromatic heterocycles. The Kier molecular flexibility index (Phi) is 5.04. The topological polar surface area (TPSA) is 79.4 Å². The fraction of sp³-hybridized carbons (Fsp3) is 0.400. The van der Waals surface area contributed by atoms with Crippen molar-refractivity contribution in [2.24, 2.45) is 11.1 Å². The lowest BCUT2D eigenvalue weighted by Gasteiger charge is -2.43. The van der Waals surface area contributed by atoms with Crippen molar-refractivity contribution in [2.45, 2.75) is 26.2 Å². The Hall–Kier alpha value is -2.40. The minimum atomic E-state index is -0.470. The number of anilines is 1. The molecule has 0 unspecified atom stereocenters. The number of carbonyl (C=O) groups excluding carboxylic acids is 1. The van der Waals surface area contributed by atoms with Crippen molar-refractivity contribution in [1.29, 1.82) is 0 Å². The molecule has 1 atom stereocenters. The third-order valence-corrected chi connectivity index (χ3v) is 5.18. The fourth-order valence-corrected chi connectivity index (χ4v) is 3.77. The highest BCUT2D eigenvalue weighted by Gasteiger charge is 2.36. The fourth-order valence-electron chi connectivity index (χ4n) is 3.77. The summed E-state index contributed by atoms with van der Waals surface area (Å²) in [7, 11) is 0. The van der Waals surface area contributed by atoms with Gasteiger partial charge in [-0.3, -0.25) is 4.79 Å². The molecule has 132 valence electrons. The van der Waals surface area contributed by atoms with E-state index in [9.17, 15) is 9.90 Å². The molecule has 5 nitrogen and oxygen atoms in total. The van der Waals surface area contributed by atoms with Gasteiger partial charge in [0.05, 0.1) is 12.2 Å². The molecule has 2 heterocycles. The summed E-state index contributed by atoms with van der Waals surface area (Å²) in [4.78, 5) is 18.2. The van der Waals surface area contributed by atoms with Gasteiger partial charge in [0.2, 0.25) is 0 Å². The average molecular weight is 339 g/mol. The molecule has 0 radical (unpaired) electrons. The van der Waals surface area contributed by atoms with Gasteiger partial charge < -0.3 is 15.7 Å². The smallest absolute Gasteiger partial charge is 0.252 e. The Labute approximate surface area is 148 Å². The Morgan fingerprint density at radius 1 is 1.32 bits per heavy atom. The van der Waals surface area contributed by atoms with Gasteiger partial charge in [0.25, 0.3) is 5.91 Å². The van der Waals surface area contributed by atoms with Crippen LogP contribution in [0.15, 0.2) is 42.6 Å². The predicted octanol–water partition coefficient (Wildman–Crippen LogP) is 2.31. The van der Waals surface area contributed by atoms with E-state index >= 15 is 0 Å². The maximum atomic E-state index is 11.7. The van der Waals surface area contributed by atoms with Crippen LogP contribution >= 0.6 is 0 Å². The molecule has 1 amide bonds. The number of amides is 1. The second-order valence-electron chi connectivity index (χ2n) is 7.03. The van der Waals surface area contributed by atoms with Gasteiger partial charge in [-0.15, -0.1) is 0 Å². The molecule has 0 bridgehead atoms. The van der Waals surface area contributed by atoms with Gasteiger partial charge >= 0.3 is 0 Å². The lowest BCUT2D eigenvalue weighted by Crippen LogP contribution is -2.47. The van der Waals surface area contributed by atoms with E-state index in [2.05, 4.69) is 28.9 Å². The number of aromatic nitrogens is 1. The number of nitrogens with two attached hydrogens (primary N) is 1. The van der Waals surface area contributed by atoms with Crippen LogP contribution in [0.2, 0.25) is 0 Å². The highest BCUT2D eigenvalue weighted by Crippen LogP contribution is 2.36. The van der Waals surface area contributed by atoms with Gasteiger partial charge in [0.15, 0.2) is 0 Å². The van der Waals surface area contributed by atoms with Gasteiger partial charge in [0.1, 0.15) is 5.82 Å². The summed E-state index contributed by atoms with van der Waals surface area (Å²) in [6.45, 7) is 3.68. The first-order chi connectivity index (χ1) is 12.0. The predicted molar refractivity (Wildman–Crippen MR) is 98.6 cm³/mol. The quantitative estimate of drug-likeness (QED) is 0.876. The molecule has 2 aromatic rings. The lowest BCUT2D eigenvalue weighted by molar-refractivity contribution is 0.0994. The Morgan fingerprint density at radius 3 is 2.84 bits per heavy atom. The molecular weight excluding hydrogens is 314 g/mol. The third kappa shape index (κ3) is 3.66. The van der Waals surface area contributed by atoms with E-state index in [-0.39, 0.29) is 12.0 Å². The molecule has 0 spiro atoms. The number of carbonyl (C=O) groups is 1. The Morgan fingerprint density at radius 2 is 2.12 bits per heavy atom. The van der Waals surface area contributed by atoms with Crippen molar-refractivity contribution < 1.29 is 9.90 Å². The number of nitrogens with zero attached hydrogens (tertiary/aromatic N) is 2. The summed E-state index contributed by atoms with van der Waals surface area (Å²) in [6, 6.07) is 11.7. The number of hydrogen-bond donors (Lipinski definition) is 2. The van der Waals surface area contributed by atoms with Crippen LogP contribution in [-0.4, -0.2) is 35.7 Å². The second kappa shape index (κ2) is 7.23. The van der Waals surface area contributed by atoms with E-state index < -0.39 is 5.91 Å². The first-order valence-corrected chi connectivity index (χ1v) is 8.70. The number of piperidine rings is 1. The van der Waals surface area contributed by atoms with E-state index in [0.717, 1.165) is 25.8 Å². The molecule has 3 rings (SSSR count). The summed E-state index contributed by atoms with van der Waals surface area (Å²) in [5.74, 6) is 0.152. The van der Waals surface area contributed by atoms with Crippen LogP contribution in [0.5, 0.6) is 0 Å². The maximum absolute atomic E-state index is 11.7. The summed E-state index contributed by atoms with van der Waals surface area (Å²) in [5.41, 5.74) is 8.21. The monoisotopic (exact) mass is 339 g/mol. The zero-order valence-electron chi connectivity index (χ0n) is 14.6. The Balaban J connectivity index is 1.89. The summed E-state index contributed by atoms with van der Waals surface area (Å²) in [6.07, 6.45) is 4.39. The number of aryl methyl sites for hydroxylation is 1. The second-order valence-corrected chi connectivity index (χ2v) is 7.03. The number of aliphatic hydroxyl groups excluding tert-OH is 1. The van der Waals surface area contributed by atoms with E-state index in [4.69, 9.17) is 5.73 Å². The van der Waals surface area contributed by atoms with Crippen molar-refractivity contribution in [3.05, 3.63) is 59.3 Å². The molecule has 5 heteroatoms. The van der Waals surface area contributed by atoms with Gasteiger partial charge in [-0.2, -0.15) is 0 Å². The van der Waals surface area contributed by atoms with Gasteiger partial charge in [-0.05, 0) is 49.4 Å². The molecule has 3 N–H and O–H groups in total. The van der Waals surface area contributed by atoms with Crippen LogP contribution in [0.3, 0.4) is 0 Å². The zero-order valence-corrected chi connectivity index (χ0v) is 14.6. The molecular formula is C20H25N3O2. The molecule has 0 saturated carbocycles. The van der Waals surface area contributed by atoms with Crippen LogP contribution in [0.1, 0.15) is 34.3 Å². The highest BCUT2D eigenvalue weighted by atomic mass is 16.3. The van der Waals surface area contributed by atoms with Crippen molar-refractivity contribution in [3.8, 4) is 0 Å². The number of hydrogen-bond acceptors (Lipinski definition) is 4. The first kappa shape index (κ1) is 17.4. The first-order valence-electron chi connectivity index (χ1n) is 8.70. The van der Waals surface area contributed by atoms with E-state index in [1.54, 1.807) is 18.3 Å². The maximum Gasteiger partial charge on any atom is 0.252 e. The lowest BCUT2D eigenvalue weighted by atomic mass is 9.75. The Bertz CT molecular complexity index is 762. The highest BCUT2D eigenvalue weighted by molar-refractivity contribution is 5.97. The number of primary amides is 1. The standard InChI is InChI=1S/C20H25N3O2/c1-15-6-2-3-7-16(15)12-20(14-24)9-5-11-23(13-20)19-17(18(21)25)8-4-10-22-19/h2-4,6-8,10,24H,5,9,11-14H2,1H3,(H2,21,25)/t20-/m1/s1.